The van der Waals surface area contributed by atoms with E-state index in [-0.39, 0.29) is 0 Å². The number of benzene rings is 2. The Morgan fingerprint density at radius 2 is 1.76 bits per heavy atom. The molecule has 2 N–H and O–H groups in total. The van der Waals surface area contributed by atoms with Gasteiger partial charge in [-0.1, -0.05) is 81.6 Å². The highest BCUT2D eigenvalue weighted by atomic mass is 14.9. The minimum absolute atomic E-state index is 0.780. The number of aliphatic imine (C=N–C) groups is 1. The Labute approximate surface area is 202 Å². The molecule has 0 aliphatic carbocycles. The van der Waals surface area contributed by atoms with E-state index in [1.807, 2.05) is 24.3 Å². The van der Waals surface area contributed by atoms with Crippen molar-refractivity contribution >= 4 is 24.6 Å². The van der Waals surface area contributed by atoms with Crippen molar-refractivity contribution in [1.82, 2.24) is 9.97 Å². The zero-order valence-corrected chi connectivity index (χ0v) is 20.0. The standard InChI is InChI=1S/C30H32N4/c1-6-23-14-18-27(19-15-23)32-22(4)25(7-2)21-29-28(8-3)33-30(34-29)26-16-12-24(13-17-26)11-9-10-20-31-5/h7,9-21,32H,2,4-6,8H2,1,3H3,(H,33,34)/b11-9-,20-10-,25-21+. The highest BCUT2D eigenvalue weighted by Crippen LogP contribution is 2.24. The van der Waals surface area contributed by atoms with Gasteiger partial charge in [-0.05, 0) is 60.5 Å². The van der Waals surface area contributed by atoms with Crippen LogP contribution in [0.25, 0.3) is 23.5 Å². The van der Waals surface area contributed by atoms with E-state index < -0.39 is 0 Å². The first-order valence-corrected chi connectivity index (χ1v) is 11.5. The van der Waals surface area contributed by atoms with Crippen molar-refractivity contribution in [2.24, 2.45) is 4.99 Å². The summed E-state index contributed by atoms with van der Waals surface area (Å²) in [6, 6.07) is 16.6. The number of hydrogen-bond donors (Lipinski definition) is 2. The third kappa shape index (κ3) is 6.42. The molecular weight excluding hydrogens is 416 g/mol. The summed E-state index contributed by atoms with van der Waals surface area (Å²) in [7, 11) is 0. The first-order chi connectivity index (χ1) is 16.6. The fourth-order valence-corrected chi connectivity index (χ4v) is 3.46. The first kappa shape index (κ1) is 24.5. The van der Waals surface area contributed by atoms with Gasteiger partial charge in [0.25, 0.3) is 0 Å². The average molecular weight is 449 g/mol. The zero-order valence-electron chi connectivity index (χ0n) is 20.0. The fourth-order valence-electron chi connectivity index (χ4n) is 3.46. The number of nitrogens with zero attached hydrogens (tertiary/aromatic N) is 2. The van der Waals surface area contributed by atoms with Crippen LogP contribution in [-0.4, -0.2) is 16.7 Å². The van der Waals surface area contributed by atoms with Crippen LogP contribution in [0.15, 0.2) is 102 Å². The lowest BCUT2D eigenvalue weighted by Gasteiger charge is -2.11. The van der Waals surface area contributed by atoms with E-state index >= 15 is 0 Å². The van der Waals surface area contributed by atoms with Gasteiger partial charge >= 0.3 is 0 Å². The summed E-state index contributed by atoms with van der Waals surface area (Å²) in [5, 5.41) is 3.38. The summed E-state index contributed by atoms with van der Waals surface area (Å²) < 4.78 is 0. The Morgan fingerprint density at radius 1 is 1.03 bits per heavy atom. The van der Waals surface area contributed by atoms with Crippen molar-refractivity contribution in [2.45, 2.75) is 26.7 Å². The fraction of sp³-hybridized carbons (Fsp3) is 0.133. The number of imidazole rings is 1. The van der Waals surface area contributed by atoms with E-state index in [2.05, 4.69) is 97.5 Å². The Balaban J connectivity index is 1.80. The lowest BCUT2D eigenvalue weighted by atomic mass is 10.1. The number of aryl methyl sites for hydroxylation is 2. The number of aromatic amines is 1. The third-order valence-corrected chi connectivity index (χ3v) is 5.46. The van der Waals surface area contributed by atoms with Crippen molar-refractivity contribution in [3.8, 4) is 11.4 Å². The predicted octanol–water partition coefficient (Wildman–Crippen LogP) is 7.62. The molecule has 0 aliphatic heterocycles. The molecule has 0 amide bonds. The maximum Gasteiger partial charge on any atom is 0.138 e. The number of hydrogen-bond acceptors (Lipinski definition) is 3. The molecule has 0 saturated carbocycles. The van der Waals surface area contributed by atoms with Crippen LogP contribution in [-0.2, 0) is 12.8 Å². The maximum absolute atomic E-state index is 4.87. The van der Waals surface area contributed by atoms with E-state index in [0.29, 0.717) is 0 Å². The lowest BCUT2D eigenvalue weighted by Crippen LogP contribution is -2.00. The largest absolute Gasteiger partial charge is 0.356 e. The van der Waals surface area contributed by atoms with Gasteiger partial charge in [0, 0.05) is 28.8 Å². The molecule has 1 aromatic heterocycles. The predicted molar refractivity (Wildman–Crippen MR) is 148 cm³/mol. The van der Waals surface area contributed by atoms with E-state index in [0.717, 1.165) is 58.1 Å². The summed E-state index contributed by atoms with van der Waals surface area (Å²) >= 11 is 0. The first-order valence-electron chi connectivity index (χ1n) is 11.5. The summed E-state index contributed by atoms with van der Waals surface area (Å²) in [4.78, 5) is 12.0. The van der Waals surface area contributed by atoms with E-state index in [1.54, 1.807) is 12.3 Å². The molecule has 0 fully saturated rings. The van der Waals surface area contributed by atoms with Crippen LogP contribution in [0.2, 0.25) is 0 Å². The normalized spacial score (nSPS) is 11.8. The van der Waals surface area contributed by atoms with Crippen molar-refractivity contribution in [3.05, 3.63) is 120 Å². The molecule has 0 bridgehead atoms. The monoisotopic (exact) mass is 448 g/mol. The highest BCUT2D eigenvalue weighted by molar-refractivity contribution is 5.68. The number of aromatic nitrogens is 2. The highest BCUT2D eigenvalue weighted by Gasteiger charge is 2.10. The molecule has 0 radical (unpaired) electrons. The van der Waals surface area contributed by atoms with Gasteiger partial charge in [0.15, 0.2) is 0 Å². The molecule has 4 nitrogen and oxygen atoms in total. The van der Waals surface area contributed by atoms with Crippen LogP contribution in [0.3, 0.4) is 0 Å². The van der Waals surface area contributed by atoms with E-state index in [4.69, 9.17) is 4.98 Å². The van der Waals surface area contributed by atoms with Gasteiger partial charge in [-0.3, -0.25) is 4.99 Å². The van der Waals surface area contributed by atoms with Crippen molar-refractivity contribution in [3.63, 3.8) is 0 Å². The van der Waals surface area contributed by atoms with Crippen molar-refractivity contribution in [1.29, 1.82) is 0 Å². The molecule has 3 aromatic rings. The molecule has 3 rings (SSSR count). The molecule has 4 heteroatoms. The molecule has 1 heterocycles. The number of anilines is 1. The Bertz CT molecular complexity index is 1220. The summed E-state index contributed by atoms with van der Waals surface area (Å²) in [5.41, 5.74) is 8.07. The minimum atomic E-state index is 0.780. The number of nitrogens with one attached hydrogen (secondary N) is 2. The Morgan fingerprint density at radius 3 is 2.38 bits per heavy atom. The van der Waals surface area contributed by atoms with E-state index in [1.165, 1.54) is 5.56 Å². The number of allylic oxidation sites excluding steroid dienone is 3. The van der Waals surface area contributed by atoms with Crippen LogP contribution < -0.4 is 5.32 Å². The van der Waals surface area contributed by atoms with Gasteiger partial charge in [-0.2, -0.15) is 0 Å². The molecule has 34 heavy (non-hydrogen) atoms. The van der Waals surface area contributed by atoms with Crippen LogP contribution in [0.4, 0.5) is 5.69 Å². The second-order valence-electron chi connectivity index (χ2n) is 7.77. The topological polar surface area (TPSA) is 53.1 Å². The van der Waals surface area contributed by atoms with Gasteiger partial charge in [0.05, 0.1) is 5.69 Å². The van der Waals surface area contributed by atoms with Crippen molar-refractivity contribution < 1.29 is 0 Å². The van der Waals surface area contributed by atoms with Gasteiger partial charge < -0.3 is 10.3 Å². The molecule has 172 valence electrons. The zero-order chi connectivity index (χ0) is 24.3. The van der Waals surface area contributed by atoms with E-state index in [9.17, 15) is 0 Å². The van der Waals surface area contributed by atoms with Gasteiger partial charge in [-0.25, -0.2) is 4.98 Å². The smallest absolute Gasteiger partial charge is 0.138 e. The Kier molecular flexibility index (Phi) is 8.75. The SMILES string of the molecule is C=C/C(=C\c1nc(-c2ccc(/C=C\C=C/N=C)cc2)[nH]c1CC)C(=C)Nc1ccc(CC)cc1. The second kappa shape index (κ2) is 12.2. The second-order valence-corrected chi connectivity index (χ2v) is 7.77. The van der Waals surface area contributed by atoms with Crippen LogP contribution in [0.5, 0.6) is 0 Å². The molecule has 0 unspecified atom stereocenters. The van der Waals surface area contributed by atoms with Crippen molar-refractivity contribution in [2.75, 3.05) is 5.32 Å². The number of H-pyrrole nitrogens is 1. The average Bonchev–Trinajstić information content (AvgIpc) is 3.28. The Hall–Kier alpha value is -4.18. The van der Waals surface area contributed by atoms with Crippen LogP contribution >= 0.6 is 0 Å². The minimum Gasteiger partial charge on any atom is -0.356 e. The van der Waals surface area contributed by atoms with Gasteiger partial charge in [0.2, 0.25) is 0 Å². The van der Waals surface area contributed by atoms with Crippen LogP contribution in [0, 0.1) is 0 Å². The molecule has 0 aliphatic rings. The lowest BCUT2D eigenvalue weighted by molar-refractivity contribution is 1.06. The molecule has 0 spiro atoms. The van der Waals surface area contributed by atoms with Crippen LogP contribution in [0.1, 0.15) is 36.4 Å². The number of rotatable bonds is 11. The van der Waals surface area contributed by atoms with Gasteiger partial charge in [0.1, 0.15) is 5.82 Å². The quantitative estimate of drug-likeness (QED) is 0.234. The molecule has 2 aromatic carbocycles. The molecular formula is C30H32N4. The maximum atomic E-state index is 4.87. The van der Waals surface area contributed by atoms with Gasteiger partial charge in [-0.15, -0.1) is 0 Å². The summed E-state index contributed by atoms with van der Waals surface area (Å²) in [6.07, 6.45) is 13.1. The summed E-state index contributed by atoms with van der Waals surface area (Å²) in [5.74, 6) is 0.839. The molecule has 0 atom stereocenters. The third-order valence-electron chi connectivity index (χ3n) is 5.46. The summed E-state index contributed by atoms with van der Waals surface area (Å²) in [6.45, 7) is 15.9. The molecule has 0 saturated heterocycles.